The second-order valence-electron chi connectivity index (χ2n) is 4.77. The molecule has 22 heavy (non-hydrogen) atoms. The van der Waals surface area contributed by atoms with Gasteiger partial charge in [-0.05, 0) is 12.8 Å². The first kappa shape index (κ1) is 15.9. The standard InChI is InChI=1S/C10H13N5O3.C2H4O2/c11-10-13-8-7(9(17)14-10)12-4-15(8)6-2-1-5(3-16)18-6;1-2(3)4/h4-6,16H,1-3H2,(H3,11,13,14,17);1H3,(H,3,4). The van der Waals surface area contributed by atoms with Crippen LogP contribution in [0.1, 0.15) is 26.0 Å². The maximum Gasteiger partial charge on any atom is 0.300 e. The number of aliphatic hydroxyl groups excluding tert-OH is 1. The summed E-state index contributed by atoms with van der Waals surface area (Å²) in [7, 11) is 0. The summed E-state index contributed by atoms with van der Waals surface area (Å²) < 4.78 is 7.30. The molecule has 1 saturated heterocycles. The summed E-state index contributed by atoms with van der Waals surface area (Å²) in [5.74, 6) is -0.786. The molecule has 2 aromatic heterocycles. The molecule has 1 aliphatic heterocycles. The molecule has 0 saturated carbocycles. The number of aliphatic carboxylic acids is 1. The van der Waals surface area contributed by atoms with Gasteiger partial charge < -0.3 is 20.7 Å². The molecule has 0 amide bonds. The number of ether oxygens (including phenoxy) is 1. The van der Waals surface area contributed by atoms with Crippen molar-refractivity contribution in [1.82, 2.24) is 19.5 Å². The Bertz CT molecular complexity index is 720. The monoisotopic (exact) mass is 311 g/mol. The normalized spacial score (nSPS) is 20.6. The molecule has 2 unspecified atom stereocenters. The highest BCUT2D eigenvalue weighted by atomic mass is 16.5. The first-order valence-electron chi connectivity index (χ1n) is 6.60. The number of aromatic amines is 1. The topological polar surface area (TPSA) is 156 Å². The third-order valence-electron chi connectivity index (χ3n) is 3.05. The average Bonchev–Trinajstić information content (AvgIpc) is 3.03. The van der Waals surface area contributed by atoms with Gasteiger partial charge in [-0.2, -0.15) is 4.98 Å². The maximum absolute atomic E-state index is 11.6. The van der Waals surface area contributed by atoms with Crippen LogP contribution in [0.15, 0.2) is 11.1 Å². The number of H-pyrrole nitrogens is 1. The first-order valence-corrected chi connectivity index (χ1v) is 6.60. The number of nitrogens with zero attached hydrogens (tertiary/aromatic N) is 3. The summed E-state index contributed by atoms with van der Waals surface area (Å²) in [4.78, 5) is 31.1. The molecule has 3 heterocycles. The van der Waals surface area contributed by atoms with Crippen LogP contribution in [0.4, 0.5) is 5.95 Å². The van der Waals surface area contributed by atoms with Crippen molar-refractivity contribution in [2.45, 2.75) is 32.1 Å². The number of carboxylic acid groups (broad SMARTS) is 1. The van der Waals surface area contributed by atoms with Crippen molar-refractivity contribution in [2.75, 3.05) is 12.3 Å². The molecule has 2 atom stereocenters. The molecule has 0 radical (unpaired) electrons. The van der Waals surface area contributed by atoms with Gasteiger partial charge >= 0.3 is 0 Å². The number of nitrogens with one attached hydrogen (secondary N) is 1. The number of anilines is 1. The number of imidazole rings is 1. The van der Waals surface area contributed by atoms with Gasteiger partial charge in [0.05, 0.1) is 19.0 Å². The highest BCUT2D eigenvalue weighted by molar-refractivity contribution is 5.70. The molecule has 0 bridgehead atoms. The smallest absolute Gasteiger partial charge is 0.300 e. The van der Waals surface area contributed by atoms with Gasteiger partial charge in [-0.25, -0.2) is 4.98 Å². The number of nitrogen functional groups attached to an aromatic ring is 1. The third-order valence-corrected chi connectivity index (χ3v) is 3.05. The number of aromatic nitrogens is 4. The van der Waals surface area contributed by atoms with E-state index >= 15 is 0 Å². The minimum absolute atomic E-state index is 0.0146. The number of carbonyl (C=O) groups is 1. The lowest BCUT2D eigenvalue weighted by Gasteiger charge is -2.13. The second-order valence-corrected chi connectivity index (χ2v) is 4.77. The zero-order valence-electron chi connectivity index (χ0n) is 11.9. The van der Waals surface area contributed by atoms with E-state index in [1.165, 1.54) is 6.33 Å². The fourth-order valence-electron chi connectivity index (χ4n) is 2.18. The maximum atomic E-state index is 11.6. The fraction of sp³-hybridized carbons (Fsp3) is 0.500. The van der Waals surface area contributed by atoms with Gasteiger partial charge in [-0.1, -0.05) is 0 Å². The van der Waals surface area contributed by atoms with Gasteiger partial charge in [-0.15, -0.1) is 0 Å². The van der Waals surface area contributed by atoms with Crippen LogP contribution in [0.5, 0.6) is 0 Å². The highest BCUT2D eigenvalue weighted by Gasteiger charge is 2.27. The number of aliphatic hydroxyl groups is 1. The zero-order chi connectivity index (χ0) is 16.3. The number of nitrogens with two attached hydrogens (primary N) is 1. The Labute approximate surface area is 124 Å². The van der Waals surface area contributed by atoms with Crippen LogP contribution in [0.2, 0.25) is 0 Å². The number of hydrogen-bond acceptors (Lipinski definition) is 7. The Morgan fingerprint density at radius 1 is 1.59 bits per heavy atom. The van der Waals surface area contributed by atoms with E-state index in [0.29, 0.717) is 5.65 Å². The largest absolute Gasteiger partial charge is 0.481 e. The summed E-state index contributed by atoms with van der Waals surface area (Å²) in [5.41, 5.74) is 5.79. The van der Waals surface area contributed by atoms with Crippen LogP contribution >= 0.6 is 0 Å². The first-order chi connectivity index (χ1) is 10.4. The molecule has 0 spiro atoms. The molecule has 120 valence electrons. The van der Waals surface area contributed by atoms with Gasteiger partial charge in [0.2, 0.25) is 5.95 Å². The van der Waals surface area contributed by atoms with Gasteiger partial charge in [0, 0.05) is 6.92 Å². The minimum atomic E-state index is -0.833. The summed E-state index contributed by atoms with van der Waals surface area (Å²) in [6.45, 7) is 1.07. The molecule has 1 fully saturated rings. The number of fused-ring (bicyclic) bond motifs is 1. The Hall–Kier alpha value is -2.46. The molecular weight excluding hydrogens is 294 g/mol. The van der Waals surface area contributed by atoms with E-state index < -0.39 is 5.97 Å². The van der Waals surface area contributed by atoms with E-state index in [-0.39, 0.29) is 36.0 Å². The Morgan fingerprint density at radius 3 is 2.86 bits per heavy atom. The van der Waals surface area contributed by atoms with Crippen molar-refractivity contribution in [2.24, 2.45) is 0 Å². The SMILES string of the molecule is CC(=O)O.Nc1nc2c(ncn2C2CCC(CO)O2)c(=O)[nH]1. The Kier molecular flexibility index (Phi) is 4.73. The molecule has 10 heteroatoms. The van der Waals surface area contributed by atoms with Crippen LogP contribution in [0, 0.1) is 0 Å². The number of hydrogen-bond donors (Lipinski definition) is 4. The summed E-state index contributed by atoms with van der Waals surface area (Å²) in [5, 5.41) is 16.5. The molecule has 0 aliphatic carbocycles. The Morgan fingerprint density at radius 2 is 2.27 bits per heavy atom. The molecular formula is C12H17N5O5. The number of carboxylic acids is 1. The predicted octanol–water partition coefficient (Wildman–Crippen LogP) is -0.537. The molecule has 5 N–H and O–H groups in total. The van der Waals surface area contributed by atoms with Crippen LogP contribution in [0.3, 0.4) is 0 Å². The van der Waals surface area contributed by atoms with Gasteiger partial charge in [-0.3, -0.25) is 19.1 Å². The second kappa shape index (κ2) is 6.54. The van der Waals surface area contributed by atoms with Crippen LogP contribution in [-0.2, 0) is 9.53 Å². The van der Waals surface area contributed by atoms with E-state index in [9.17, 15) is 4.79 Å². The van der Waals surface area contributed by atoms with Crippen LogP contribution < -0.4 is 11.3 Å². The molecule has 10 nitrogen and oxygen atoms in total. The lowest BCUT2D eigenvalue weighted by molar-refractivity contribution is -0.134. The molecule has 3 rings (SSSR count). The van der Waals surface area contributed by atoms with E-state index in [2.05, 4.69) is 15.0 Å². The summed E-state index contributed by atoms with van der Waals surface area (Å²) in [6.07, 6.45) is 2.58. The zero-order valence-corrected chi connectivity index (χ0v) is 11.9. The van der Waals surface area contributed by atoms with E-state index in [1.807, 2.05) is 0 Å². The third kappa shape index (κ3) is 3.40. The lowest BCUT2D eigenvalue weighted by Crippen LogP contribution is -2.16. The highest BCUT2D eigenvalue weighted by Crippen LogP contribution is 2.29. The van der Waals surface area contributed by atoms with Crippen molar-refractivity contribution in [3.63, 3.8) is 0 Å². The van der Waals surface area contributed by atoms with Gasteiger partial charge in [0.1, 0.15) is 6.23 Å². The van der Waals surface area contributed by atoms with Gasteiger partial charge in [0.15, 0.2) is 11.2 Å². The van der Waals surface area contributed by atoms with Crippen molar-refractivity contribution >= 4 is 23.1 Å². The van der Waals surface area contributed by atoms with Crippen molar-refractivity contribution < 1.29 is 19.7 Å². The molecule has 1 aliphatic rings. The van der Waals surface area contributed by atoms with Crippen LogP contribution in [-0.4, -0.2) is 48.4 Å². The van der Waals surface area contributed by atoms with E-state index in [0.717, 1.165) is 19.8 Å². The summed E-state index contributed by atoms with van der Waals surface area (Å²) >= 11 is 0. The van der Waals surface area contributed by atoms with Crippen LogP contribution in [0.25, 0.3) is 11.2 Å². The van der Waals surface area contributed by atoms with E-state index in [4.69, 9.17) is 25.5 Å². The van der Waals surface area contributed by atoms with Gasteiger partial charge in [0.25, 0.3) is 11.5 Å². The minimum Gasteiger partial charge on any atom is -0.481 e. The van der Waals surface area contributed by atoms with E-state index in [1.54, 1.807) is 4.57 Å². The average molecular weight is 311 g/mol. The van der Waals surface area contributed by atoms with Crippen molar-refractivity contribution in [3.8, 4) is 0 Å². The number of rotatable bonds is 2. The summed E-state index contributed by atoms with van der Waals surface area (Å²) in [6, 6.07) is 0. The quantitative estimate of drug-likeness (QED) is 0.576. The lowest BCUT2D eigenvalue weighted by atomic mass is 10.2. The van der Waals surface area contributed by atoms with Crippen molar-refractivity contribution in [3.05, 3.63) is 16.7 Å². The predicted molar refractivity (Wildman–Crippen MR) is 76.1 cm³/mol. The fourth-order valence-corrected chi connectivity index (χ4v) is 2.18. The molecule has 0 aromatic carbocycles. The molecule has 2 aromatic rings. The van der Waals surface area contributed by atoms with Crippen molar-refractivity contribution in [1.29, 1.82) is 0 Å². The Balaban J connectivity index is 0.000000396.